The molecule has 3 nitrogen and oxygen atoms in total. The van der Waals surface area contributed by atoms with Crippen LogP contribution in [0.15, 0.2) is 12.1 Å². The minimum absolute atomic E-state index is 0.307. The van der Waals surface area contributed by atoms with Crippen molar-refractivity contribution in [3.8, 4) is 5.75 Å². The fraction of sp³-hybridized carbons (Fsp3) is 0.538. The van der Waals surface area contributed by atoms with Crippen molar-refractivity contribution < 1.29 is 9.13 Å². The minimum atomic E-state index is -0.328. The van der Waals surface area contributed by atoms with Crippen LogP contribution in [0.4, 0.5) is 15.8 Å². The second-order valence-electron chi connectivity index (χ2n) is 5.09. The molecule has 1 aromatic carbocycles. The van der Waals surface area contributed by atoms with Crippen LogP contribution in [0.3, 0.4) is 0 Å². The summed E-state index contributed by atoms with van der Waals surface area (Å²) in [6.07, 6.45) is 3.67. The van der Waals surface area contributed by atoms with Crippen LogP contribution >= 0.6 is 0 Å². The lowest BCUT2D eigenvalue weighted by Gasteiger charge is -2.38. The summed E-state index contributed by atoms with van der Waals surface area (Å²) in [6.45, 7) is 3.01. The van der Waals surface area contributed by atoms with E-state index in [9.17, 15) is 4.39 Å². The molecule has 0 spiro atoms. The number of methoxy groups -OCH3 is 1. The third kappa shape index (κ3) is 2.46. The average molecular weight is 238 g/mol. The molecule has 0 radical (unpaired) electrons. The van der Waals surface area contributed by atoms with Crippen molar-refractivity contribution in [1.82, 2.24) is 0 Å². The highest BCUT2D eigenvalue weighted by atomic mass is 19.1. The Hall–Kier alpha value is -1.45. The van der Waals surface area contributed by atoms with E-state index in [4.69, 9.17) is 10.5 Å². The first kappa shape index (κ1) is 12.0. The van der Waals surface area contributed by atoms with Crippen LogP contribution in [0.2, 0.25) is 0 Å². The average Bonchev–Trinajstić information content (AvgIpc) is 2.25. The van der Waals surface area contributed by atoms with Crippen LogP contribution in [0.25, 0.3) is 0 Å². The number of ether oxygens (including phenoxy) is 1. The number of halogens is 1. The standard InChI is InChI=1S/C13H19FN2O/c1-13(4-3-5-13)8-16-11-7-12(17-2)10(15)6-9(11)14/h6-7,16H,3-5,8,15H2,1-2H3. The van der Waals surface area contributed by atoms with E-state index in [0.717, 1.165) is 6.54 Å². The molecular formula is C13H19FN2O. The highest BCUT2D eigenvalue weighted by Gasteiger charge is 2.31. The van der Waals surface area contributed by atoms with E-state index in [1.165, 1.54) is 32.4 Å². The van der Waals surface area contributed by atoms with Crippen molar-refractivity contribution in [3.05, 3.63) is 17.9 Å². The maximum absolute atomic E-state index is 13.7. The van der Waals surface area contributed by atoms with E-state index in [1.54, 1.807) is 6.07 Å². The van der Waals surface area contributed by atoms with Crippen LogP contribution in [-0.4, -0.2) is 13.7 Å². The van der Waals surface area contributed by atoms with E-state index in [2.05, 4.69) is 12.2 Å². The Morgan fingerprint density at radius 2 is 2.18 bits per heavy atom. The number of rotatable bonds is 4. The van der Waals surface area contributed by atoms with Crippen molar-refractivity contribution in [2.75, 3.05) is 24.7 Å². The van der Waals surface area contributed by atoms with E-state index in [1.807, 2.05) is 0 Å². The van der Waals surface area contributed by atoms with Gasteiger partial charge in [-0.25, -0.2) is 4.39 Å². The van der Waals surface area contributed by atoms with Crippen molar-refractivity contribution in [2.24, 2.45) is 5.41 Å². The zero-order valence-electron chi connectivity index (χ0n) is 10.3. The molecule has 0 bridgehead atoms. The molecule has 3 N–H and O–H groups in total. The van der Waals surface area contributed by atoms with Gasteiger partial charge >= 0.3 is 0 Å². The number of hydrogen-bond acceptors (Lipinski definition) is 3. The van der Waals surface area contributed by atoms with Gasteiger partial charge in [-0.05, 0) is 18.3 Å². The van der Waals surface area contributed by atoms with Gasteiger partial charge in [0.15, 0.2) is 0 Å². The molecule has 1 fully saturated rings. The Kier molecular flexibility index (Phi) is 3.13. The Morgan fingerprint density at radius 3 is 2.71 bits per heavy atom. The number of nitrogens with one attached hydrogen (secondary N) is 1. The monoisotopic (exact) mass is 238 g/mol. The summed E-state index contributed by atoms with van der Waals surface area (Å²) >= 11 is 0. The van der Waals surface area contributed by atoms with Crippen LogP contribution in [-0.2, 0) is 0 Å². The Morgan fingerprint density at radius 1 is 1.47 bits per heavy atom. The fourth-order valence-corrected chi connectivity index (χ4v) is 2.15. The summed E-state index contributed by atoms with van der Waals surface area (Å²) in [6, 6.07) is 2.91. The summed E-state index contributed by atoms with van der Waals surface area (Å²) in [7, 11) is 1.53. The summed E-state index contributed by atoms with van der Waals surface area (Å²) in [5.41, 5.74) is 6.72. The summed E-state index contributed by atoms with van der Waals surface area (Å²) in [4.78, 5) is 0. The van der Waals surface area contributed by atoms with Gasteiger partial charge in [0, 0.05) is 18.7 Å². The zero-order chi connectivity index (χ0) is 12.5. The van der Waals surface area contributed by atoms with Gasteiger partial charge in [0.2, 0.25) is 0 Å². The van der Waals surface area contributed by atoms with Gasteiger partial charge in [0.05, 0.1) is 18.5 Å². The van der Waals surface area contributed by atoms with Gasteiger partial charge in [-0.2, -0.15) is 0 Å². The molecule has 4 heteroatoms. The molecule has 0 aliphatic heterocycles. The predicted octanol–water partition coefficient (Wildman–Crippen LogP) is 3.02. The number of nitrogens with two attached hydrogens (primary N) is 1. The summed E-state index contributed by atoms with van der Waals surface area (Å²) < 4.78 is 18.7. The van der Waals surface area contributed by atoms with Crippen LogP contribution in [0.1, 0.15) is 26.2 Å². The van der Waals surface area contributed by atoms with Gasteiger partial charge in [-0.3, -0.25) is 0 Å². The van der Waals surface area contributed by atoms with Gasteiger partial charge in [0.1, 0.15) is 11.6 Å². The number of hydrogen-bond donors (Lipinski definition) is 2. The van der Waals surface area contributed by atoms with Gasteiger partial charge < -0.3 is 15.8 Å². The van der Waals surface area contributed by atoms with Crippen molar-refractivity contribution in [2.45, 2.75) is 26.2 Å². The molecule has 0 heterocycles. The third-order valence-corrected chi connectivity index (χ3v) is 3.59. The Bertz CT molecular complexity index is 416. The van der Waals surface area contributed by atoms with E-state index in [-0.39, 0.29) is 5.82 Å². The quantitative estimate of drug-likeness (QED) is 0.793. The largest absolute Gasteiger partial charge is 0.495 e. The molecule has 0 amide bonds. The van der Waals surface area contributed by atoms with Crippen LogP contribution in [0.5, 0.6) is 5.75 Å². The molecule has 2 rings (SSSR count). The second kappa shape index (κ2) is 4.43. The smallest absolute Gasteiger partial charge is 0.148 e. The maximum Gasteiger partial charge on any atom is 0.148 e. The molecule has 0 unspecified atom stereocenters. The molecule has 0 atom stereocenters. The molecule has 0 aromatic heterocycles. The van der Waals surface area contributed by atoms with Crippen LogP contribution < -0.4 is 15.8 Å². The van der Waals surface area contributed by atoms with E-state index >= 15 is 0 Å². The minimum Gasteiger partial charge on any atom is -0.495 e. The normalized spacial score (nSPS) is 17.4. The molecule has 1 aliphatic rings. The lowest BCUT2D eigenvalue weighted by atomic mass is 9.70. The molecule has 1 aromatic rings. The maximum atomic E-state index is 13.7. The summed E-state index contributed by atoms with van der Waals surface area (Å²) in [5, 5.41) is 3.15. The third-order valence-electron chi connectivity index (χ3n) is 3.59. The Balaban J connectivity index is 2.09. The van der Waals surface area contributed by atoms with Crippen molar-refractivity contribution >= 4 is 11.4 Å². The van der Waals surface area contributed by atoms with E-state index in [0.29, 0.717) is 22.5 Å². The SMILES string of the molecule is COc1cc(NCC2(C)CCC2)c(F)cc1N. The van der Waals surface area contributed by atoms with Crippen LogP contribution in [0, 0.1) is 11.2 Å². The van der Waals surface area contributed by atoms with E-state index < -0.39 is 0 Å². The molecule has 0 saturated heterocycles. The second-order valence-corrected chi connectivity index (χ2v) is 5.09. The van der Waals surface area contributed by atoms with Gasteiger partial charge in [0.25, 0.3) is 0 Å². The number of nitrogen functional groups attached to an aromatic ring is 1. The zero-order valence-corrected chi connectivity index (χ0v) is 10.3. The first-order valence-electron chi connectivity index (χ1n) is 5.91. The summed E-state index contributed by atoms with van der Waals surface area (Å²) in [5.74, 6) is 0.180. The first-order chi connectivity index (χ1) is 8.04. The lowest BCUT2D eigenvalue weighted by molar-refractivity contribution is 0.180. The molecule has 17 heavy (non-hydrogen) atoms. The van der Waals surface area contributed by atoms with Gasteiger partial charge in [-0.1, -0.05) is 13.3 Å². The lowest BCUT2D eigenvalue weighted by Crippen LogP contribution is -2.33. The van der Waals surface area contributed by atoms with Crippen molar-refractivity contribution in [3.63, 3.8) is 0 Å². The fourth-order valence-electron chi connectivity index (χ4n) is 2.15. The molecule has 1 aliphatic carbocycles. The Labute approximate surface area is 101 Å². The molecule has 94 valence electrons. The van der Waals surface area contributed by atoms with Crippen molar-refractivity contribution in [1.29, 1.82) is 0 Å². The topological polar surface area (TPSA) is 47.3 Å². The van der Waals surface area contributed by atoms with Gasteiger partial charge in [-0.15, -0.1) is 0 Å². The predicted molar refractivity (Wildman–Crippen MR) is 67.8 cm³/mol. The highest BCUT2D eigenvalue weighted by molar-refractivity contribution is 5.62. The molecule has 1 saturated carbocycles. The molecular weight excluding hydrogens is 219 g/mol. The number of anilines is 2. The highest BCUT2D eigenvalue weighted by Crippen LogP contribution is 2.40. The first-order valence-corrected chi connectivity index (χ1v) is 5.91. The number of benzene rings is 1.